The van der Waals surface area contributed by atoms with Crippen LogP contribution in [0.3, 0.4) is 0 Å². The van der Waals surface area contributed by atoms with E-state index in [2.05, 4.69) is 9.97 Å². The molecule has 0 aliphatic carbocycles. The number of hydrogen-bond donors (Lipinski definition) is 2. The van der Waals surface area contributed by atoms with Crippen LogP contribution in [0, 0.1) is 11.3 Å². The van der Waals surface area contributed by atoms with Gasteiger partial charge in [0.05, 0.1) is 29.6 Å². The third-order valence-corrected chi connectivity index (χ3v) is 6.09. The summed E-state index contributed by atoms with van der Waals surface area (Å²) in [7, 11) is -2.65. The monoisotopic (exact) mass is 470 g/mol. The summed E-state index contributed by atoms with van der Waals surface area (Å²) >= 11 is 0. The molecule has 1 fully saturated rings. The third kappa shape index (κ3) is 6.55. The predicted molar refractivity (Wildman–Crippen MR) is 108 cm³/mol. The van der Waals surface area contributed by atoms with Gasteiger partial charge < -0.3 is 22.0 Å². The number of nitriles is 1. The van der Waals surface area contributed by atoms with Crippen LogP contribution < -0.4 is 74.1 Å². The molecule has 3 rings (SSSR count). The molecule has 1 atom stereocenters. The van der Waals surface area contributed by atoms with Crippen LogP contribution in [-0.2, 0) is 13.8 Å². The number of nitrogens with zero attached hydrogens (tertiary/aromatic N) is 3. The van der Waals surface area contributed by atoms with Gasteiger partial charge >= 0.3 is 66.9 Å². The summed E-state index contributed by atoms with van der Waals surface area (Å²) < 4.78 is 27.2. The normalized spacial score (nSPS) is 17.1. The fourth-order valence-corrected chi connectivity index (χ4v) is 4.07. The second kappa shape index (κ2) is 11.6. The third-order valence-electron chi connectivity index (χ3n) is 5.09. The fraction of sp³-hybridized carbons (Fsp3) is 0.500. The van der Waals surface area contributed by atoms with Crippen molar-refractivity contribution in [2.45, 2.75) is 32.3 Å². The molecule has 0 aromatic carbocycles. The van der Waals surface area contributed by atoms with E-state index in [1.165, 1.54) is 12.3 Å². The number of anilines is 1. The fourth-order valence-electron chi connectivity index (χ4n) is 3.36. The molecule has 2 aromatic heterocycles. The molecular weight excluding hydrogens is 445 g/mol. The zero-order chi connectivity index (χ0) is 21.2. The van der Waals surface area contributed by atoms with Crippen molar-refractivity contribution in [3.63, 3.8) is 0 Å². The number of nitrogens with one attached hydrogen (secondary N) is 1. The van der Waals surface area contributed by atoms with Crippen LogP contribution in [-0.4, -0.2) is 47.3 Å². The first kappa shape index (κ1) is 28.6. The molecule has 1 saturated heterocycles. The topological polar surface area (TPSA) is 138 Å². The number of pyridine rings is 2. The van der Waals surface area contributed by atoms with Gasteiger partial charge in [0, 0.05) is 31.7 Å². The quantitative estimate of drug-likeness (QED) is 0.326. The van der Waals surface area contributed by atoms with Crippen LogP contribution >= 0.6 is 7.82 Å². The van der Waals surface area contributed by atoms with Crippen molar-refractivity contribution in [2.75, 3.05) is 31.7 Å². The Hall–Kier alpha value is -0.440. The molecule has 2 N–H and O–H groups in total. The van der Waals surface area contributed by atoms with Gasteiger partial charge in [0.2, 0.25) is 5.88 Å². The number of piperidine rings is 1. The average Bonchev–Trinajstić information content (AvgIpc) is 2.67. The molecular formula is C18H25N4Na2O6P. The maximum absolute atomic E-state index is 12.4. The largest absolute Gasteiger partial charge is 1.00 e. The number of fused-ring (bicyclic) bond motifs is 1. The van der Waals surface area contributed by atoms with Crippen molar-refractivity contribution < 1.29 is 85.2 Å². The van der Waals surface area contributed by atoms with Gasteiger partial charge in [0.15, 0.2) is 0 Å². The SMILES string of the molecule is CCOP(=O)(O)Oc1cc2c(N3CCC(C)(OC)CC3)c(C#N)c(=O)[nH]c2cn1.[H-].[H-].[Na+].[Na+]. The van der Waals surface area contributed by atoms with Crippen LogP contribution in [0.2, 0.25) is 0 Å². The number of aromatic amines is 1. The van der Waals surface area contributed by atoms with E-state index in [0.29, 0.717) is 42.5 Å². The molecule has 1 aliphatic rings. The summed E-state index contributed by atoms with van der Waals surface area (Å²) in [5, 5.41) is 10.1. The van der Waals surface area contributed by atoms with Crippen molar-refractivity contribution >= 4 is 24.4 Å². The summed E-state index contributed by atoms with van der Waals surface area (Å²) in [4.78, 5) is 30.7. The van der Waals surface area contributed by atoms with Gasteiger partial charge in [-0.1, -0.05) is 0 Å². The number of phosphoric ester groups is 1. The second-order valence-electron chi connectivity index (χ2n) is 6.98. The smallest absolute Gasteiger partial charge is 1.00 e. The van der Waals surface area contributed by atoms with Crippen LogP contribution in [0.15, 0.2) is 17.1 Å². The van der Waals surface area contributed by atoms with Gasteiger partial charge in [-0.25, -0.2) is 9.55 Å². The first-order valence-electron chi connectivity index (χ1n) is 9.15. The summed E-state index contributed by atoms with van der Waals surface area (Å²) in [6, 6.07) is 3.39. The van der Waals surface area contributed by atoms with E-state index >= 15 is 0 Å². The number of methoxy groups -OCH3 is 1. The maximum atomic E-state index is 12.4. The molecule has 31 heavy (non-hydrogen) atoms. The van der Waals surface area contributed by atoms with Crippen LogP contribution in [0.5, 0.6) is 5.88 Å². The minimum atomic E-state index is -4.32. The Morgan fingerprint density at radius 3 is 2.61 bits per heavy atom. The Morgan fingerprint density at radius 1 is 1.42 bits per heavy atom. The Labute approximate surface area is 227 Å². The van der Waals surface area contributed by atoms with Gasteiger partial charge in [-0.3, -0.25) is 14.2 Å². The minimum absolute atomic E-state index is 0. The molecule has 1 aliphatic heterocycles. The van der Waals surface area contributed by atoms with E-state index in [1.54, 1.807) is 14.0 Å². The molecule has 160 valence electrons. The van der Waals surface area contributed by atoms with Crippen molar-refractivity contribution in [3.8, 4) is 11.9 Å². The molecule has 0 amide bonds. The van der Waals surface area contributed by atoms with E-state index in [1.807, 2.05) is 17.9 Å². The zero-order valence-corrected chi connectivity index (χ0v) is 23.4. The second-order valence-corrected chi connectivity index (χ2v) is 8.35. The Balaban J connectivity index is 0. The Kier molecular flexibility index (Phi) is 10.7. The summed E-state index contributed by atoms with van der Waals surface area (Å²) in [5.41, 5.74) is 0.0127. The minimum Gasteiger partial charge on any atom is -1.00 e. The van der Waals surface area contributed by atoms with E-state index < -0.39 is 13.4 Å². The molecule has 3 heterocycles. The van der Waals surface area contributed by atoms with Gasteiger partial charge in [0.25, 0.3) is 5.56 Å². The molecule has 0 spiro atoms. The number of phosphoric acid groups is 1. The van der Waals surface area contributed by atoms with Crippen molar-refractivity contribution in [1.29, 1.82) is 5.26 Å². The van der Waals surface area contributed by atoms with E-state index in [-0.39, 0.29) is 85.6 Å². The van der Waals surface area contributed by atoms with E-state index in [0.717, 1.165) is 0 Å². The van der Waals surface area contributed by atoms with Crippen LogP contribution in [0.4, 0.5) is 5.69 Å². The van der Waals surface area contributed by atoms with Gasteiger partial charge in [0.1, 0.15) is 11.6 Å². The number of rotatable bonds is 6. The zero-order valence-electron chi connectivity index (χ0n) is 20.5. The van der Waals surface area contributed by atoms with Crippen LogP contribution in [0.25, 0.3) is 10.9 Å². The number of H-pyrrole nitrogens is 1. The number of aromatic nitrogens is 2. The van der Waals surface area contributed by atoms with Crippen molar-refractivity contribution in [1.82, 2.24) is 9.97 Å². The number of hydrogen-bond acceptors (Lipinski definition) is 8. The molecule has 13 heteroatoms. The van der Waals surface area contributed by atoms with E-state index in [9.17, 15) is 19.5 Å². The van der Waals surface area contributed by atoms with Crippen LogP contribution in [0.1, 0.15) is 35.1 Å². The molecule has 0 saturated carbocycles. The van der Waals surface area contributed by atoms with E-state index in [4.69, 9.17) is 13.8 Å². The number of ether oxygens (including phenoxy) is 1. The molecule has 1 unspecified atom stereocenters. The van der Waals surface area contributed by atoms with Gasteiger partial charge in [-0.2, -0.15) is 5.26 Å². The van der Waals surface area contributed by atoms with Gasteiger partial charge in [-0.15, -0.1) is 0 Å². The molecule has 10 nitrogen and oxygen atoms in total. The Morgan fingerprint density at radius 2 is 2.06 bits per heavy atom. The first-order valence-corrected chi connectivity index (χ1v) is 10.6. The molecule has 0 bridgehead atoms. The van der Waals surface area contributed by atoms with Crippen molar-refractivity contribution in [2.24, 2.45) is 0 Å². The molecule has 2 aromatic rings. The predicted octanol–water partition coefficient (Wildman–Crippen LogP) is -3.45. The maximum Gasteiger partial charge on any atom is 1.00 e. The summed E-state index contributed by atoms with van der Waals surface area (Å²) in [6.45, 7) is 4.73. The standard InChI is InChI=1S/C18H23N4O6P.2Na.2H/c1-4-27-29(24,25)28-15-9-12-14(11-20-15)21-17(23)13(10-19)16(12)22-7-5-18(2,26-3)6-8-22;;;;/h9,11H,4-8H2,1-3H3,(H,21,23)(H,24,25);;;;/q;2*+1;2*-1. The van der Waals surface area contributed by atoms with Crippen molar-refractivity contribution in [3.05, 3.63) is 28.2 Å². The Bertz CT molecular complexity index is 1080. The summed E-state index contributed by atoms with van der Waals surface area (Å²) in [6.07, 6.45) is 2.76. The average molecular weight is 470 g/mol. The first-order chi connectivity index (χ1) is 13.7. The van der Waals surface area contributed by atoms with Gasteiger partial charge in [-0.05, 0) is 26.7 Å². The molecule has 0 radical (unpaired) electrons. The summed E-state index contributed by atoms with van der Waals surface area (Å²) in [5.74, 6) is -0.146.